The van der Waals surface area contributed by atoms with Crippen molar-refractivity contribution in [3.8, 4) is 11.4 Å². The second-order valence-corrected chi connectivity index (χ2v) is 7.14. The average Bonchev–Trinajstić information content (AvgIpc) is 3.27. The van der Waals surface area contributed by atoms with Gasteiger partial charge in [0.2, 0.25) is 5.16 Å². The van der Waals surface area contributed by atoms with E-state index >= 15 is 0 Å². The highest BCUT2D eigenvalue weighted by atomic mass is 32.2. The topological polar surface area (TPSA) is 85.7 Å². The Morgan fingerprint density at radius 2 is 2.07 bits per heavy atom. The first-order valence-corrected chi connectivity index (χ1v) is 9.73. The summed E-state index contributed by atoms with van der Waals surface area (Å²) in [5.74, 6) is 1.06. The minimum Gasteiger partial charge on any atom is -0.385 e. The van der Waals surface area contributed by atoms with Crippen LogP contribution in [0.3, 0.4) is 0 Å². The van der Waals surface area contributed by atoms with Crippen molar-refractivity contribution in [1.82, 2.24) is 24.7 Å². The summed E-state index contributed by atoms with van der Waals surface area (Å²) in [4.78, 5) is 21.1. The molecule has 3 aromatic rings. The molecule has 0 aliphatic heterocycles. The molecule has 0 aliphatic carbocycles. The number of hydrogen-bond acceptors (Lipinski definition) is 6. The first-order chi connectivity index (χ1) is 13.1. The number of thioether (sulfide) groups is 1. The maximum Gasteiger partial charge on any atom is 0.209 e. The zero-order valence-electron chi connectivity index (χ0n) is 15.7. The maximum absolute atomic E-state index is 12.7. The van der Waals surface area contributed by atoms with Crippen LogP contribution in [0.2, 0.25) is 0 Å². The number of aromatic nitrogens is 5. The van der Waals surface area contributed by atoms with Gasteiger partial charge in [-0.25, -0.2) is 4.98 Å². The third kappa shape index (κ3) is 4.64. The molecule has 0 spiro atoms. The zero-order chi connectivity index (χ0) is 19.2. The third-order valence-electron chi connectivity index (χ3n) is 4.36. The van der Waals surface area contributed by atoms with Gasteiger partial charge in [-0.15, -0.1) is 5.10 Å². The summed E-state index contributed by atoms with van der Waals surface area (Å²) >= 11 is 1.34. The quantitative estimate of drug-likeness (QED) is 0.346. The Hall–Kier alpha value is -2.45. The van der Waals surface area contributed by atoms with Gasteiger partial charge in [0, 0.05) is 55.2 Å². The van der Waals surface area contributed by atoms with Crippen molar-refractivity contribution in [3.63, 3.8) is 0 Å². The van der Waals surface area contributed by atoms with Crippen LogP contribution in [0.15, 0.2) is 35.7 Å². The Labute approximate surface area is 162 Å². The number of nitrogens with one attached hydrogen (secondary N) is 1. The predicted molar refractivity (Wildman–Crippen MR) is 105 cm³/mol. The van der Waals surface area contributed by atoms with Crippen molar-refractivity contribution in [1.29, 1.82) is 0 Å². The molecule has 8 heteroatoms. The minimum atomic E-state index is 0.0846. The van der Waals surface area contributed by atoms with E-state index in [1.165, 1.54) is 11.8 Å². The van der Waals surface area contributed by atoms with Gasteiger partial charge >= 0.3 is 0 Å². The van der Waals surface area contributed by atoms with Crippen molar-refractivity contribution in [2.75, 3.05) is 19.5 Å². The normalized spacial score (nSPS) is 11.1. The highest BCUT2D eigenvalue weighted by Crippen LogP contribution is 2.22. The van der Waals surface area contributed by atoms with Gasteiger partial charge in [0.05, 0.1) is 5.75 Å². The van der Waals surface area contributed by atoms with E-state index in [4.69, 9.17) is 4.74 Å². The lowest BCUT2D eigenvalue weighted by Gasteiger charge is -2.09. The van der Waals surface area contributed by atoms with Crippen LogP contribution < -0.4 is 0 Å². The largest absolute Gasteiger partial charge is 0.385 e. The Kier molecular flexibility index (Phi) is 6.41. The van der Waals surface area contributed by atoms with Gasteiger partial charge in [-0.2, -0.15) is 0 Å². The summed E-state index contributed by atoms with van der Waals surface area (Å²) in [5, 5.41) is 7.65. The zero-order valence-corrected chi connectivity index (χ0v) is 16.5. The smallest absolute Gasteiger partial charge is 0.209 e. The Morgan fingerprint density at radius 3 is 2.81 bits per heavy atom. The number of pyridine rings is 1. The van der Waals surface area contributed by atoms with Crippen LogP contribution in [0.1, 0.15) is 28.2 Å². The number of aromatic amines is 1. The molecule has 3 heterocycles. The van der Waals surface area contributed by atoms with Crippen LogP contribution in [0, 0.1) is 13.8 Å². The molecule has 3 rings (SSSR count). The lowest BCUT2D eigenvalue weighted by molar-refractivity contribution is 0.102. The number of aryl methyl sites for hydroxylation is 1. The number of ether oxygens (including phenoxy) is 1. The van der Waals surface area contributed by atoms with Crippen LogP contribution in [-0.2, 0) is 11.3 Å². The molecule has 0 amide bonds. The summed E-state index contributed by atoms with van der Waals surface area (Å²) in [6.07, 6.45) is 4.33. The van der Waals surface area contributed by atoms with Crippen molar-refractivity contribution in [2.45, 2.75) is 32.0 Å². The molecule has 3 aromatic heterocycles. The van der Waals surface area contributed by atoms with E-state index in [1.807, 2.05) is 32.0 Å². The first-order valence-electron chi connectivity index (χ1n) is 8.74. The fourth-order valence-electron chi connectivity index (χ4n) is 2.95. The molecule has 7 nitrogen and oxygen atoms in total. The predicted octanol–water partition coefficient (Wildman–Crippen LogP) is 3.30. The van der Waals surface area contributed by atoms with Crippen LogP contribution >= 0.6 is 11.8 Å². The molecular formula is C19H23N5O2S. The number of rotatable bonds is 9. The monoisotopic (exact) mass is 385 g/mol. The molecular weight excluding hydrogens is 362 g/mol. The van der Waals surface area contributed by atoms with Crippen molar-refractivity contribution >= 4 is 17.5 Å². The molecule has 0 fully saturated rings. The molecule has 0 aliphatic rings. The summed E-state index contributed by atoms with van der Waals surface area (Å²) < 4.78 is 7.29. The van der Waals surface area contributed by atoms with Crippen LogP contribution in [0.25, 0.3) is 11.4 Å². The lowest BCUT2D eigenvalue weighted by atomic mass is 10.2. The molecule has 0 unspecified atom stereocenters. The third-order valence-corrected chi connectivity index (χ3v) is 5.20. The number of Topliss-reactive ketones (excluding diaryl/α,β-unsaturated/α-hetero) is 1. The Balaban J connectivity index is 1.63. The SMILES string of the molecule is COCCCn1c(C)cc(C(=O)CSc2n[nH]c(-c3ccncc3)n2)c1C. The van der Waals surface area contributed by atoms with Gasteiger partial charge in [-0.3, -0.25) is 14.9 Å². The fraction of sp³-hybridized carbons (Fsp3) is 0.368. The van der Waals surface area contributed by atoms with E-state index in [2.05, 4.69) is 24.7 Å². The van der Waals surface area contributed by atoms with Gasteiger partial charge in [0.1, 0.15) is 0 Å². The highest BCUT2D eigenvalue weighted by Gasteiger charge is 2.17. The lowest BCUT2D eigenvalue weighted by Crippen LogP contribution is -2.08. The van der Waals surface area contributed by atoms with Gasteiger partial charge in [-0.05, 0) is 38.5 Å². The number of nitrogens with zero attached hydrogens (tertiary/aromatic N) is 4. The van der Waals surface area contributed by atoms with E-state index in [0.29, 0.717) is 23.3 Å². The molecule has 0 atom stereocenters. The summed E-state index contributed by atoms with van der Waals surface area (Å²) in [6.45, 7) is 5.58. The molecule has 27 heavy (non-hydrogen) atoms. The Bertz CT molecular complexity index is 904. The van der Waals surface area contributed by atoms with E-state index in [9.17, 15) is 4.79 Å². The van der Waals surface area contributed by atoms with Crippen molar-refractivity contribution < 1.29 is 9.53 Å². The van der Waals surface area contributed by atoms with Gasteiger partial charge in [-0.1, -0.05) is 11.8 Å². The molecule has 0 saturated heterocycles. The van der Waals surface area contributed by atoms with E-state index in [1.54, 1.807) is 19.5 Å². The number of carbonyl (C=O) groups is 1. The molecule has 0 aromatic carbocycles. The van der Waals surface area contributed by atoms with Crippen LogP contribution in [-0.4, -0.2) is 50.0 Å². The van der Waals surface area contributed by atoms with E-state index < -0.39 is 0 Å². The summed E-state index contributed by atoms with van der Waals surface area (Å²) in [6, 6.07) is 5.68. The standard InChI is InChI=1S/C19H23N5O2S/c1-13-11-16(14(2)24(13)9-4-10-26-3)17(25)12-27-19-21-18(22-23-19)15-5-7-20-8-6-15/h5-8,11H,4,9-10,12H2,1-3H3,(H,21,22,23). The molecule has 142 valence electrons. The van der Waals surface area contributed by atoms with Crippen LogP contribution in [0.5, 0.6) is 0 Å². The van der Waals surface area contributed by atoms with Gasteiger partial charge in [0.15, 0.2) is 11.6 Å². The molecule has 0 radical (unpaired) electrons. The van der Waals surface area contributed by atoms with Crippen molar-refractivity contribution in [3.05, 3.63) is 47.5 Å². The highest BCUT2D eigenvalue weighted by molar-refractivity contribution is 7.99. The average molecular weight is 385 g/mol. The number of hydrogen-bond donors (Lipinski definition) is 1. The summed E-state index contributed by atoms with van der Waals surface area (Å²) in [5.41, 5.74) is 3.77. The van der Waals surface area contributed by atoms with Gasteiger partial charge in [0.25, 0.3) is 0 Å². The van der Waals surface area contributed by atoms with Crippen molar-refractivity contribution in [2.24, 2.45) is 0 Å². The summed E-state index contributed by atoms with van der Waals surface area (Å²) in [7, 11) is 1.70. The van der Waals surface area contributed by atoms with Crippen LogP contribution in [0.4, 0.5) is 0 Å². The van der Waals surface area contributed by atoms with E-state index in [0.717, 1.165) is 35.5 Å². The number of ketones is 1. The maximum atomic E-state index is 12.7. The number of carbonyl (C=O) groups excluding carboxylic acids is 1. The minimum absolute atomic E-state index is 0.0846. The second kappa shape index (κ2) is 8.96. The van der Waals surface area contributed by atoms with E-state index in [-0.39, 0.29) is 5.78 Å². The first kappa shape index (κ1) is 19.3. The number of H-pyrrole nitrogens is 1. The number of methoxy groups -OCH3 is 1. The Morgan fingerprint density at radius 1 is 1.30 bits per heavy atom. The fourth-order valence-corrected chi connectivity index (χ4v) is 3.63. The molecule has 0 bridgehead atoms. The molecule has 0 saturated carbocycles. The van der Waals surface area contributed by atoms with Gasteiger partial charge < -0.3 is 9.30 Å². The molecule has 1 N–H and O–H groups in total. The second-order valence-electron chi connectivity index (χ2n) is 6.20.